The number of hydrogen-bond donors (Lipinski definition) is 2. The van der Waals surface area contributed by atoms with E-state index >= 15 is 0 Å². The van der Waals surface area contributed by atoms with Crippen LogP contribution in [0.15, 0.2) is 22.9 Å². The molecule has 0 aliphatic rings. The highest BCUT2D eigenvalue weighted by molar-refractivity contribution is 9.10. The monoisotopic (exact) mass is 330 g/mol. The summed E-state index contributed by atoms with van der Waals surface area (Å²) in [6.45, 7) is 1.84. The summed E-state index contributed by atoms with van der Waals surface area (Å²) in [5.41, 5.74) is 6.97. The third-order valence-electron chi connectivity index (χ3n) is 2.34. The van der Waals surface area contributed by atoms with Gasteiger partial charge in [0.2, 0.25) is 0 Å². The average Bonchev–Trinajstić information content (AvgIpc) is 2.32. The van der Waals surface area contributed by atoms with E-state index in [1.807, 2.05) is 6.92 Å². The third kappa shape index (κ3) is 2.54. The van der Waals surface area contributed by atoms with Crippen LogP contribution in [-0.4, -0.2) is 9.97 Å². The van der Waals surface area contributed by atoms with Crippen molar-refractivity contribution < 1.29 is 4.39 Å². The number of rotatable bonds is 2. The van der Waals surface area contributed by atoms with E-state index in [0.717, 1.165) is 5.56 Å². The molecule has 0 unspecified atom stereocenters. The Bertz CT molecular complexity index is 606. The van der Waals surface area contributed by atoms with Gasteiger partial charge in [-0.25, -0.2) is 14.4 Å². The Balaban J connectivity index is 2.40. The second kappa shape index (κ2) is 5.07. The summed E-state index contributed by atoms with van der Waals surface area (Å²) in [6, 6.07) is 3.02. The number of halogens is 3. The van der Waals surface area contributed by atoms with Gasteiger partial charge in [-0.15, -0.1) is 0 Å². The largest absolute Gasteiger partial charge is 0.382 e. The lowest BCUT2D eigenvalue weighted by atomic mass is 10.2. The number of nitrogens with zero attached hydrogens (tertiary/aromatic N) is 2. The minimum atomic E-state index is -0.374. The smallest absolute Gasteiger partial charge is 0.154 e. The van der Waals surface area contributed by atoms with Crippen LogP contribution < -0.4 is 11.1 Å². The van der Waals surface area contributed by atoms with Crippen LogP contribution >= 0.6 is 27.5 Å². The molecule has 0 aliphatic carbocycles. The number of hydrogen-bond acceptors (Lipinski definition) is 4. The van der Waals surface area contributed by atoms with Crippen molar-refractivity contribution in [2.24, 2.45) is 0 Å². The number of nitrogens with one attached hydrogen (secondary N) is 1. The second-order valence-electron chi connectivity index (χ2n) is 3.63. The zero-order valence-corrected chi connectivity index (χ0v) is 11.7. The first-order valence-electron chi connectivity index (χ1n) is 4.97. The van der Waals surface area contributed by atoms with Crippen LogP contribution in [-0.2, 0) is 0 Å². The highest BCUT2D eigenvalue weighted by atomic mass is 79.9. The van der Waals surface area contributed by atoms with Crippen LogP contribution in [0.2, 0.25) is 5.02 Å². The van der Waals surface area contributed by atoms with Crippen molar-refractivity contribution in [3.05, 3.63) is 39.3 Å². The van der Waals surface area contributed by atoms with Crippen LogP contribution in [0.5, 0.6) is 0 Å². The van der Waals surface area contributed by atoms with Gasteiger partial charge in [0, 0.05) is 5.69 Å². The van der Waals surface area contributed by atoms with Crippen molar-refractivity contribution in [1.82, 2.24) is 9.97 Å². The zero-order valence-electron chi connectivity index (χ0n) is 9.34. The molecule has 0 spiro atoms. The molecule has 1 aromatic carbocycles. The molecule has 0 saturated carbocycles. The Kier molecular flexibility index (Phi) is 3.68. The lowest BCUT2D eigenvalue weighted by Crippen LogP contribution is -2.01. The summed E-state index contributed by atoms with van der Waals surface area (Å²) in [5.74, 6) is 0.139. The molecule has 7 heteroatoms. The van der Waals surface area contributed by atoms with Crippen LogP contribution in [0.25, 0.3) is 0 Å². The van der Waals surface area contributed by atoms with Gasteiger partial charge in [-0.05, 0) is 40.5 Å². The van der Waals surface area contributed by atoms with E-state index in [-0.39, 0.29) is 16.7 Å². The maximum atomic E-state index is 13.5. The first kappa shape index (κ1) is 13.0. The molecule has 0 radical (unpaired) electrons. The minimum absolute atomic E-state index is 0.171. The quantitative estimate of drug-likeness (QED) is 0.881. The molecule has 0 saturated heterocycles. The number of nitrogen functional groups attached to an aromatic ring is 1. The molecule has 3 N–H and O–H groups in total. The topological polar surface area (TPSA) is 63.8 Å². The Labute approximate surface area is 117 Å². The van der Waals surface area contributed by atoms with Gasteiger partial charge in [0.05, 0.1) is 4.47 Å². The highest BCUT2D eigenvalue weighted by Gasteiger charge is 2.10. The Hall–Kier alpha value is -1.40. The van der Waals surface area contributed by atoms with E-state index in [1.165, 1.54) is 12.4 Å². The van der Waals surface area contributed by atoms with Crippen LogP contribution in [0.3, 0.4) is 0 Å². The third-order valence-corrected chi connectivity index (χ3v) is 3.32. The summed E-state index contributed by atoms with van der Waals surface area (Å²) >= 11 is 9.07. The molecule has 18 heavy (non-hydrogen) atoms. The molecule has 1 aromatic heterocycles. The fourth-order valence-electron chi connectivity index (χ4n) is 1.38. The number of aromatic nitrogens is 2. The van der Waals surface area contributed by atoms with Crippen molar-refractivity contribution in [3.63, 3.8) is 0 Å². The number of nitrogens with two attached hydrogens (primary N) is 1. The first-order valence-corrected chi connectivity index (χ1v) is 6.14. The summed E-state index contributed by atoms with van der Waals surface area (Å²) in [5, 5.41) is 3.13. The summed E-state index contributed by atoms with van der Waals surface area (Å²) in [4.78, 5) is 7.71. The molecule has 0 fully saturated rings. The van der Waals surface area contributed by atoms with Crippen LogP contribution in [0.4, 0.5) is 21.7 Å². The molecule has 2 rings (SSSR count). The van der Waals surface area contributed by atoms with E-state index in [9.17, 15) is 4.39 Å². The van der Waals surface area contributed by atoms with Gasteiger partial charge in [0.25, 0.3) is 0 Å². The van der Waals surface area contributed by atoms with E-state index in [0.29, 0.717) is 16.0 Å². The maximum absolute atomic E-state index is 13.5. The van der Waals surface area contributed by atoms with Crippen LogP contribution in [0.1, 0.15) is 5.56 Å². The molecule has 0 aliphatic heterocycles. The maximum Gasteiger partial charge on any atom is 0.154 e. The highest BCUT2D eigenvalue weighted by Crippen LogP contribution is 2.30. The number of benzene rings is 1. The second-order valence-corrected chi connectivity index (χ2v) is 4.86. The molecule has 4 nitrogen and oxygen atoms in total. The number of anilines is 3. The van der Waals surface area contributed by atoms with Gasteiger partial charge in [0.1, 0.15) is 23.0 Å². The van der Waals surface area contributed by atoms with Crippen LogP contribution in [0, 0.1) is 12.7 Å². The summed E-state index contributed by atoms with van der Waals surface area (Å²) < 4.78 is 13.9. The van der Waals surface area contributed by atoms with Crippen molar-refractivity contribution in [1.29, 1.82) is 0 Å². The van der Waals surface area contributed by atoms with E-state index in [2.05, 4.69) is 31.2 Å². The Morgan fingerprint density at radius 1 is 1.39 bits per heavy atom. The van der Waals surface area contributed by atoms with Crippen molar-refractivity contribution >= 4 is 44.9 Å². The standard InChI is InChI=1S/C11H9BrClFN4/c1-5-2-6(12)7(14)3-8(5)18-11-9(13)10(15)16-4-17-11/h2-4H,1H3,(H3,15,16,17,18). The zero-order chi connectivity index (χ0) is 13.3. The number of aryl methyl sites for hydroxylation is 1. The van der Waals surface area contributed by atoms with Crippen molar-refractivity contribution in [3.8, 4) is 0 Å². The van der Waals surface area contributed by atoms with Crippen molar-refractivity contribution in [2.45, 2.75) is 6.92 Å². The van der Waals surface area contributed by atoms with E-state index < -0.39 is 0 Å². The molecule has 2 aromatic rings. The Morgan fingerprint density at radius 2 is 2.11 bits per heavy atom. The molecule has 0 atom stereocenters. The molecular weight excluding hydrogens is 323 g/mol. The lowest BCUT2D eigenvalue weighted by molar-refractivity contribution is 0.621. The first-order chi connectivity index (χ1) is 8.49. The fraction of sp³-hybridized carbons (Fsp3) is 0.0909. The minimum Gasteiger partial charge on any atom is -0.382 e. The molecule has 1 heterocycles. The molecule has 0 bridgehead atoms. The van der Waals surface area contributed by atoms with E-state index in [1.54, 1.807) is 6.07 Å². The van der Waals surface area contributed by atoms with Crippen molar-refractivity contribution in [2.75, 3.05) is 11.1 Å². The fourth-order valence-corrected chi connectivity index (χ4v) is 1.98. The predicted octanol–water partition coefficient (Wildman–Crippen LogP) is 3.67. The SMILES string of the molecule is Cc1cc(Br)c(F)cc1Nc1ncnc(N)c1Cl. The summed E-state index contributed by atoms with van der Waals surface area (Å²) in [7, 11) is 0. The van der Waals surface area contributed by atoms with Gasteiger partial charge in [-0.1, -0.05) is 11.6 Å². The van der Waals surface area contributed by atoms with Gasteiger partial charge in [-0.2, -0.15) is 0 Å². The van der Waals surface area contributed by atoms with Gasteiger partial charge in [0.15, 0.2) is 5.82 Å². The molecular formula is C11H9BrClFN4. The predicted molar refractivity (Wildman–Crippen MR) is 73.6 cm³/mol. The summed E-state index contributed by atoms with van der Waals surface area (Å²) in [6.07, 6.45) is 1.29. The van der Waals surface area contributed by atoms with Gasteiger partial charge in [-0.3, -0.25) is 0 Å². The van der Waals surface area contributed by atoms with E-state index in [4.69, 9.17) is 17.3 Å². The van der Waals surface area contributed by atoms with Gasteiger partial charge >= 0.3 is 0 Å². The Morgan fingerprint density at radius 3 is 2.83 bits per heavy atom. The molecule has 94 valence electrons. The lowest BCUT2D eigenvalue weighted by Gasteiger charge is -2.11. The normalized spacial score (nSPS) is 10.4. The average molecular weight is 332 g/mol. The molecule has 0 amide bonds. The van der Waals surface area contributed by atoms with Gasteiger partial charge < -0.3 is 11.1 Å².